The van der Waals surface area contributed by atoms with Crippen LogP contribution in [0.5, 0.6) is 5.75 Å². The zero-order chi connectivity index (χ0) is 13.7. The first-order chi connectivity index (χ1) is 9.15. The average Bonchev–Trinajstić information content (AvgIpc) is 2.81. The predicted molar refractivity (Wildman–Crippen MR) is 66.9 cm³/mol. The van der Waals surface area contributed by atoms with Gasteiger partial charge in [0.15, 0.2) is 6.61 Å². The van der Waals surface area contributed by atoms with Gasteiger partial charge in [-0.2, -0.15) is 0 Å². The number of hydrogen-bond acceptors (Lipinski definition) is 3. The van der Waals surface area contributed by atoms with Crippen LogP contribution in [-0.2, 0) is 18.4 Å². The Kier molecular flexibility index (Phi) is 4.12. The predicted octanol–water partition coefficient (Wildman–Crippen LogP) is 1.25. The van der Waals surface area contributed by atoms with Crippen molar-refractivity contribution in [3.8, 4) is 5.75 Å². The standard InChI is InChI=1S/C13H14FN3O2/c1-17-7-6-15-12(17)8-16-13(18)9-19-11-4-2-10(14)3-5-11/h2-7H,8-9H2,1H3,(H,16,18). The van der Waals surface area contributed by atoms with Crippen LogP contribution in [0.4, 0.5) is 4.39 Å². The number of halogens is 1. The first kappa shape index (κ1) is 13.1. The van der Waals surface area contributed by atoms with Crippen LogP contribution in [-0.4, -0.2) is 22.1 Å². The van der Waals surface area contributed by atoms with E-state index in [1.807, 2.05) is 11.6 Å². The molecule has 0 spiro atoms. The van der Waals surface area contributed by atoms with E-state index in [9.17, 15) is 9.18 Å². The second kappa shape index (κ2) is 5.99. The fraction of sp³-hybridized carbons (Fsp3) is 0.231. The van der Waals surface area contributed by atoms with Gasteiger partial charge in [0.2, 0.25) is 0 Å². The van der Waals surface area contributed by atoms with Gasteiger partial charge in [-0.25, -0.2) is 9.37 Å². The maximum Gasteiger partial charge on any atom is 0.258 e. The van der Waals surface area contributed by atoms with Gasteiger partial charge in [-0.1, -0.05) is 0 Å². The lowest BCUT2D eigenvalue weighted by atomic mass is 10.3. The van der Waals surface area contributed by atoms with Gasteiger partial charge in [0.1, 0.15) is 17.4 Å². The van der Waals surface area contributed by atoms with Crippen molar-refractivity contribution in [2.24, 2.45) is 7.05 Å². The molecular formula is C13H14FN3O2. The summed E-state index contributed by atoms with van der Waals surface area (Å²) in [6.45, 7) is 0.227. The van der Waals surface area contributed by atoms with Gasteiger partial charge in [-0.3, -0.25) is 4.79 Å². The molecule has 6 heteroatoms. The van der Waals surface area contributed by atoms with Crippen molar-refractivity contribution in [1.82, 2.24) is 14.9 Å². The van der Waals surface area contributed by atoms with Gasteiger partial charge < -0.3 is 14.6 Å². The summed E-state index contributed by atoms with van der Waals surface area (Å²) in [6.07, 6.45) is 3.47. The summed E-state index contributed by atoms with van der Waals surface area (Å²) >= 11 is 0. The molecule has 19 heavy (non-hydrogen) atoms. The van der Waals surface area contributed by atoms with E-state index < -0.39 is 0 Å². The van der Waals surface area contributed by atoms with Gasteiger partial charge in [0.25, 0.3) is 5.91 Å². The number of carbonyl (C=O) groups is 1. The third-order valence-corrected chi connectivity index (χ3v) is 2.55. The molecule has 0 aliphatic heterocycles. The summed E-state index contributed by atoms with van der Waals surface area (Å²) in [5.41, 5.74) is 0. The van der Waals surface area contributed by atoms with Gasteiger partial charge in [-0.05, 0) is 24.3 Å². The monoisotopic (exact) mass is 263 g/mol. The molecule has 0 aliphatic rings. The minimum Gasteiger partial charge on any atom is -0.484 e. The number of benzene rings is 1. The average molecular weight is 263 g/mol. The zero-order valence-electron chi connectivity index (χ0n) is 10.5. The van der Waals surface area contributed by atoms with Crippen molar-refractivity contribution in [2.75, 3.05) is 6.61 Å². The molecule has 0 saturated heterocycles. The highest BCUT2D eigenvalue weighted by molar-refractivity contribution is 5.77. The molecule has 1 aromatic carbocycles. The first-order valence-corrected chi connectivity index (χ1v) is 5.76. The molecule has 0 fully saturated rings. The van der Waals surface area contributed by atoms with Crippen molar-refractivity contribution in [3.05, 3.63) is 48.3 Å². The normalized spacial score (nSPS) is 10.2. The summed E-state index contributed by atoms with van der Waals surface area (Å²) in [4.78, 5) is 15.6. The second-order valence-corrected chi connectivity index (χ2v) is 3.97. The Labute approximate surface area is 110 Å². The molecule has 1 heterocycles. The molecule has 2 aromatic rings. The number of carbonyl (C=O) groups excluding carboxylic acids is 1. The van der Waals surface area contributed by atoms with Crippen LogP contribution in [0.1, 0.15) is 5.82 Å². The van der Waals surface area contributed by atoms with E-state index in [4.69, 9.17) is 4.74 Å². The van der Waals surface area contributed by atoms with Crippen LogP contribution < -0.4 is 10.1 Å². The minimum absolute atomic E-state index is 0.115. The van der Waals surface area contributed by atoms with Crippen LogP contribution in [0.2, 0.25) is 0 Å². The van der Waals surface area contributed by atoms with Crippen molar-refractivity contribution < 1.29 is 13.9 Å². The van der Waals surface area contributed by atoms with E-state index >= 15 is 0 Å². The van der Waals surface area contributed by atoms with Crippen LogP contribution in [0.25, 0.3) is 0 Å². The van der Waals surface area contributed by atoms with Crippen molar-refractivity contribution in [2.45, 2.75) is 6.54 Å². The maximum atomic E-state index is 12.7. The van der Waals surface area contributed by atoms with E-state index in [-0.39, 0.29) is 18.3 Å². The molecule has 1 amide bonds. The Hall–Kier alpha value is -2.37. The second-order valence-electron chi connectivity index (χ2n) is 3.97. The van der Waals surface area contributed by atoms with E-state index in [0.717, 1.165) is 5.82 Å². The molecule has 100 valence electrons. The van der Waals surface area contributed by atoms with Gasteiger partial charge >= 0.3 is 0 Å². The molecule has 1 aromatic heterocycles. The number of aryl methyl sites for hydroxylation is 1. The lowest BCUT2D eigenvalue weighted by Crippen LogP contribution is -2.29. The van der Waals surface area contributed by atoms with E-state index in [1.54, 1.807) is 12.4 Å². The maximum absolute atomic E-state index is 12.7. The van der Waals surface area contributed by atoms with Crippen LogP contribution in [0.3, 0.4) is 0 Å². The van der Waals surface area contributed by atoms with Crippen LogP contribution in [0.15, 0.2) is 36.7 Å². The number of ether oxygens (including phenoxy) is 1. The van der Waals surface area contributed by atoms with E-state index in [2.05, 4.69) is 10.3 Å². The number of hydrogen-bond donors (Lipinski definition) is 1. The van der Waals surface area contributed by atoms with Crippen molar-refractivity contribution in [3.63, 3.8) is 0 Å². The Morgan fingerprint density at radius 3 is 2.79 bits per heavy atom. The lowest BCUT2D eigenvalue weighted by Gasteiger charge is -2.07. The molecule has 0 radical (unpaired) electrons. The summed E-state index contributed by atoms with van der Waals surface area (Å²) < 4.78 is 19.7. The van der Waals surface area contributed by atoms with Crippen molar-refractivity contribution in [1.29, 1.82) is 0 Å². The van der Waals surface area contributed by atoms with Crippen molar-refractivity contribution >= 4 is 5.91 Å². The summed E-state index contributed by atoms with van der Waals surface area (Å²) in [7, 11) is 1.85. The Bertz CT molecular complexity index is 551. The Morgan fingerprint density at radius 1 is 1.42 bits per heavy atom. The number of nitrogens with zero attached hydrogens (tertiary/aromatic N) is 2. The zero-order valence-corrected chi connectivity index (χ0v) is 10.5. The Morgan fingerprint density at radius 2 is 2.16 bits per heavy atom. The molecule has 0 bridgehead atoms. The molecule has 0 unspecified atom stereocenters. The third-order valence-electron chi connectivity index (χ3n) is 2.55. The summed E-state index contributed by atoms with van der Waals surface area (Å²) in [5.74, 6) is 0.614. The molecule has 2 rings (SSSR count). The molecular weight excluding hydrogens is 249 g/mol. The van der Waals surface area contributed by atoms with E-state index in [0.29, 0.717) is 12.3 Å². The summed E-state index contributed by atoms with van der Waals surface area (Å²) in [5, 5.41) is 2.69. The number of aromatic nitrogens is 2. The fourth-order valence-electron chi connectivity index (χ4n) is 1.48. The van der Waals surface area contributed by atoms with Crippen LogP contribution >= 0.6 is 0 Å². The SMILES string of the molecule is Cn1ccnc1CNC(=O)COc1ccc(F)cc1. The molecule has 0 aliphatic carbocycles. The molecule has 0 atom stereocenters. The van der Waals surface area contributed by atoms with Gasteiger partial charge in [-0.15, -0.1) is 0 Å². The Balaban J connectivity index is 1.76. The largest absolute Gasteiger partial charge is 0.484 e. The third kappa shape index (κ3) is 3.80. The fourth-order valence-corrected chi connectivity index (χ4v) is 1.48. The minimum atomic E-state index is -0.341. The smallest absolute Gasteiger partial charge is 0.258 e. The number of rotatable bonds is 5. The van der Waals surface area contributed by atoms with E-state index in [1.165, 1.54) is 24.3 Å². The van der Waals surface area contributed by atoms with Gasteiger partial charge in [0, 0.05) is 19.4 Å². The van der Waals surface area contributed by atoms with Crippen LogP contribution in [0, 0.1) is 5.82 Å². The topological polar surface area (TPSA) is 56.2 Å². The molecule has 1 N–H and O–H groups in total. The quantitative estimate of drug-likeness (QED) is 0.883. The number of amides is 1. The highest BCUT2D eigenvalue weighted by atomic mass is 19.1. The number of nitrogens with one attached hydrogen (secondary N) is 1. The lowest BCUT2D eigenvalue weighted by molar-refractivity contribution is -0.123. The molecule has 0 saturated carbocycles. The molecule has 5 nitrogen and oxygen atoms in total. The summed E-state index contributed by atoms with van der Waals surface area (Å²) in [6, 6.07) is 5.50. The highest BCUT2D eigenvalue weighted by Gasteiger charge is 2.05. The first-order valence-electron chi connectivity index (χ1n) is 5.76. The highest BCUT2D eigenvalue weighted by Crippen LogP contribution is 2.10. The number of imidazole rings is 1. The van der Waals surface area contributed by atoms with Gasteiger partial charge in [0.05, 0.1) is 6.54 Å².